The Hall–Kier alpha value is -0.570. The fraction of sp³-hybridized carbons (Fsp3) is 0.600. The molecule has 2 N–H and O–H groups in total. The molecule has 1 aliphatic carbocycles. The number of hydrogen-bond donors (Lipinski definition) is 1. The number of nitrogens with zero attached hydrogens (tertiary/aromatic N) is 1. The van der Waals surface area contributed by atoms with E-state index in [1.54, 1.807) is 0 Å². The second-order valence-electron chi connectivity index (χ2n) is 5.55. The molecule has 0 bridgehead atoms. The quantitative estimate of drug-likeness (QED) is 0.909. The molecular formula is C15H23ClN2. The van der Waals surface area contributed by atoms with Crippen molar-refractivity contribution in [2.75, 3.05) is 7.05 Å². The Bertz CT molecular complexity index is 397. The van der Waals surface area contributed by atoms with Gasteiger partial charge in [0.05, 0.1) is 0 Å². The minimum Gasteiger partial charge on any atom is -0.328 e. The van der Waals surface area contributed by atoms with Crippen LogP contribution in [0.5, 0.6) is 0 Å². The van der Waals surface area contributed by atoms with Crippen molar-refractivity contribution in [3.63, 3.8) is 0 Å². The van der Waals surface area contributed by atoms with E-state index in [-0.39, 0.29) is 0 Å². The summed E-state index contributed by atoms with van der Waals surface area (Å²) in [6.07, 6.45) is 4.78. The van der Waals surface area contributed by atoms with Gasteiger partial charge in [-0.2, -0.15) is 0 Å². The van der Waals surface area contributed by atoms with Crippen LogP contribution in [0.4, 0.5) is 0 Å². The summed E-state index contributed by atoms with van der Waals surface area (Å²) in [5, 5.41) is 0.822. The number of halogens is 1. The minimum atomic E-state index is 0.423. The number of aryl methyl sites for hydroxylation is 1. The summed E-state index contributed by atoms with van der Waals surface area (Å²) >= 11 is 5.99. The lowest BCUT2D eigenvalue weighted by atomic mass is 9.90. The van der Waals surface area contributed by atoms with Crippen molar-refractivity contribution in [1.29, 1.82) is 0 Å². The van der Waals surface area contributed by atoms with Gasteiger partial charge in [-0.25, -0.2) is 0 Å². The fourth-order valence-corrected chi connectivity index (χ4v) is 3.00. The number of rotatable bonds is 3. The standard InChI is InChI=1S/C15H23ClN2/c1-11-9-13(16)4-3-12(11)10-18(2)15-7-5-14(17)6-8-15/h3-4,9,14-15H,5-8,10,17H2,1-2H3. The third kappa shape index (κ3) is 3.47. The highest BCUT2D eigenvalue weighted by atomic mass is 35.5. The van der Waals surface area contributed by atoms with Gasteiger partial charge < -0.3 is 5.73 Å². The molecule has 1 aliphatic rings. The molecule has 100 valence electrons. The van der Waals surface area contributed by atoms with Crippen LogP contribution in [0.25, 0.3) is 0 Å². The fourth-order valence-electron chi connectivity index (χ4n) is 2.78. The molecule has 0 aromatic heterocycles. The zero-order valence-electron chi connectivity index (χ0n) is 11.3. The summed E-state index contributed by atoms with van der Waals surface area (Å²) in [6, 6.07) is 7.27. The molecule has 0 aliphatic heterocycles. The van der Waals surface area contributed by atoms with Crippen LogP contribution in [0.15, 0.2) is 18.2 Å². The molecule has 1 aromatic carbocycles. The summed E-state index contributed by atoms with van der Waals surface area (Å²) in [6.45, 7) is 3.13. The second kappa shape index (κ2) is 6.05. The van der Waals surface area contributed by atoms with Crippen molar-refractivity contribution in [1.82, 2.24) is 4.90 Å². The van der Waals surface area contributed by atoms with E-state index < -0.39 is 0 Å². The normalized spacial score (nSPS) is 24.5. The lowest BCUT2D eigenvalue weighted by Gasteiger charge is -2.33. The van der Waals surface area contributed by atoms with Crippen LogP contribution in [0.3, 0.4) is 0 Å². The first-order valence-corrected chi connectivity index (χ1v) is 7.15. The molecule has 0 saturated heterocycles. The number of benzene rings is 1. The summed E-state index contributed by atoms with van der Waals surface area (Å²) in [4.78, 5) is 2.46. The smallest absolute Gasteiger partial charge is 0.0408 e. The highest BCUT2D eigenvalue weighted by molar-refractivity contribution is 6.30. The zero-order chi connectivity index (χ0) is 13.1. The van der Waals surface area contributed by atoms with Gasteiger partial charge in [0.25, 0.3) is 0 Å². The van der Waals surface area contributed by atoms with Crippen molar-refractivity contribution < 1.29 is 0 Å². The van der Waals surface area contributed by atoms with E-state index in [9.17, 15) is 0 Å². The summed E-state index contributed by atoms with van der Waals surface area (Å²) in [5.41, 5.74) is 8.61. The summed E-state index contributed by atoms with van der Waals surface area (Å²) in [5.74, 6) is 0. The first-order valence-electron chi connectivity index (χ1n) is 6.77. The van der Waals surface area contributed by atoms with Gasteiger partial charge >= 0.3 is 0 Å². The van der Waals surface area contributed by atoms with Crippen LogP contribution in [0.1, 0.15) is 36.8 Å². The Balaban J connectivity index is 1.96. The van der Waals surface area contributed by atoms with E-state index in [0.29, 0.717) is 12.1 Å². The van der Waals surface area contributed by atoms with Crippen molar-refractivity contribution >= 4 is 11.6 Å². The van der Waals surface area contributed by atoms with Crippen molar-refractivity contribution in [2.24, 2.45) is 5.73 Å². The van der Waals surface area contributed by atoms with Gasteiger partial charge in [0.2, 0.25) is 0 Å². The Morgan fingerprint density at radius 2 is 1.94 bits per heavy atom. The van der Waals surface area contributed by atoms with E-state index in [4.69, 9.17) is 17.3 Å². The Labute approximate surface area is 115 Å². The highest BCUT2D eigenvalue weighted by Gasteiger charge is 2.22. The molecule has 1 fully saturated rings. The number of hydrogen-bond acceptors (Lipinski definition) is 2. The molecule has 0 radical (unpaired) electrons. The number of nitrogens with two attached hydrogens (primary N) is 1. The van der Waals surface area contributed by atoms with Crippen LogP contribution < -0.4 is 5.73 Å². The van der Waals surface area contributed by atoms with Crippen LogP contribution in [-0.4, -0.2) is 24.0 Å². The topological polar surface area (TPSA) is 29.3 Å². The highest BCUT2D eigenvalue weighted by Crippen LogP contribution is 2.24. The average molecular weight is 267 g/mol. The molecule has 2 nitrogen and oxygen atoms in total. The molecule has 1 saturated carbocycles. The minimum absolute atomic E-state index is 0.423. The monoisotopic (exact) mass is 266 g/mol. The van der Waals surface area contributed by atoms with E-state index in [1.807, 2.05) is 12.1 Å². The molecule has 0 spiro atoms. The second-order valence-corrected chi connectivity index (χ2v) is 5.99. The summed E-state index contributed by atoms with van der Waals surface area (Å²) < 4.78 is 0. The zero-order valence-corrected chi connectivity index (χ0v) is 12.1. The third-order valence-corrected chi connectivity index (χ3v) is 4.32. The molecule has 3 heteroatoms. The maximum Gasteiger partial charge on any atom is 0.0408 e. The molecule has 18 heavy (non-hydrogen) atoms. The van der Waals surface area contributed by atoms with Crippen LogP contribution in [0.2, 0.25) is 5.02 Å². The SMILES string of the molecule is Cc1cc(Cl)ccc1CN(C)C1CCC(N)CC1. The molecular weight excluding hydrogens is 244 g/mol. The predicted octanol–water partition coefficient (Wildman–Crippen LogP) is 3.35. The Morgan fingerprint density at radius 1 is 1.28 bits per heavy atom. The maximum atomic E-state index is 5.99. The summed E-state index contributed by atoms with van der Waals surface area (Å²) in [7, 11) is 2.22. The lowest BCUT2D eigenvalue weighted by Crippen LogP contribution is -2.38. The molecule has 0 amide bonds. The van der Waals surface area contributed by atoms with Gasteiger partial charge in [0, 0.05) is 23.7 Å². The predicted molar refractivity (Wildman–Crippen MR) is 77.9 cm³/mol. The third-order valence-electron chi connectivity index (χ3n) is 4.09. The van der Waals surface area contributed by atoms with E-state index in [2.05, 4.69) is 24.9 Å². The van der Waals surface area contributed by atoms with Gasteiger partial charge in [-0.1, -0.05) is 17.7 Å². The molecule has 0 unspecified atom stereocenters. The van der Waals surface area contributed by atoms with Crippen molar-refractivity contribution in [3.8, 4) is 0 Å². The van der Waals surface area contributed by atoms with Gasteiger partial charge in [0.15, 0.2) is 0 Å². The maximum absolute atomic E-state index is 5.99. The van der Waals surface area contributed by atoms with Crippen molar-refractivity contribution in [2.45, 2.75) is 51.2 Å². The van der Waals surface area contributed by atoms with E-state index >= 15 is 0 Å². The average Bonchev–Trinajstić information content (AvgIpc) is 2.33. The lowest BCUT2D eigenvalue weighted by molar-refractivity contribution is 0.176. The molecule has 0 heterocycles. The van der Waals surface area contributed by atoms with E-state index in [1.165, 1.54) is 24.0 Å². The van der Waals surface area contributed by atoms with Crippen LogP contribution in [-0.2, 0) is 6.54 Å². The Morgan fingerprint density at radius 3 is 2.56 bits per heavy atom. The van der Waals surface area contributed by atoms with Crippen LogP contribution >= 0.6 is 11.6 Å². The Kier molecular flexibility index (Phi) is 4.66. The van der Waals surface area contributed by atoms with Gasteiger partial charge in [-0.3, -0.25) is 4.90 Å². The molecule has 0 atom stereocenters. The van der Waals surface area contributed by atoms with Gasteiger partial charge in [-0.05, 0) is 62.9 Å². The van der Waals surface area contributed by atoms with Crippen molar-refractivity contribution in [3.05, 3.63) is 34.3 Å². The van der Waals surface area contributed by atoms with E-state index in [0.717, 1.165) is 24.4 Å². The molecule has 2 rings (SSSR count). The molecule has 1 aromatic rings. The van der Waals surface area contributed by atoms with Gasteiger partial charge in [0.1, 0.15) is 0 Å². The van der Waals surface area contributed by atoms with Crippen LogP contribution in [0, 0.1) is 6.92 Å². The van der Waals surface area contributed by atoms with Gasteiger partial charge in [-0.15, -0.1) is 0 Å². The first kappa shape index (κ1) is 13.9. The largest absolute Gasteiger partial charge is 0.328 e. The first-order chi connectivity index (χ1) is 8.56.